The van der Waals surface area contributed by atoms with Crippen LogP contribution >= 0.6 is 15.2 Å². The molecule has 0 fully saturated rings. The van der Waals surface area contributed by atoms with E-state index in [1.165, 1.54) is 0 Å². The predicted octanol–water partition coefficient (Wildman–Crippen LogP) is 4.62. The molecule has 7 nitrogen and oxygen atoms in total. The summed E-state index contributed by atoms with van der Waals surface area (Å²) in [7, 11) is -7.57. The Kier molecular flexibility index (Phi) is 11.9. The van der Waals surface area contributed by atoms with Crippen LogP contribution in [0.25, 0.3) is 0 Å². The van der Waals surface area contributed by atoms with Gasteiger partial charge in [0, 0.05) is 6.61 Å². The van der Waals surface area contributed by atoms with Gasteiger partial charge in [-0.1, -0.05) is 13.3 Å². The first-order valence-corrected chi connectivity index (χ1v) is 11.1. The first-order chi connectivity index (χ1) is 10.4. The SMILES string of the molecule is CCCCOC(P(=O)(OCC)OCC)P(=O)(OCC)OCC. The van der Waals surface area contributed by atoms with E-state index in [9.17, 15) is 9.13 Å². The van der Waals surface area contributed by atoms with E-state index >= 15 is 0 Å². The Hall–Kier alpha value is 0.260. The summed E-state index contributed by atoms with van der Waals surface area (Å²) < 4.78 is 52.7. The van der Waals surface area contributed by atoms with Gasteiger partial charge in [-0.15, -0.1) is 0 Å². The maximum absolute atomic E-state index is 13.0. The van der Waals surface area contributed by atoms with Gasteiger partial charge in [-0.3, -0.25) is 9.13 Å². The molecule has 0 saturated carbocycles. The normalized spacial score (nSPS) is 13.0. The van der Waals surface area contributed by atoms with Crippen LogP contribution in [0.5, 0.6) is 0 Å². The molecule has 0 heterocycles. The summed E-state index contributed by atoms with van der Waals surface area (Å²) in [6.45, 7) is 9.56. The van der Waals surface area contributed by atoms with E-state index < -0.39 is 20.8 Å². The highest BCUT2D eigenvalue weighted by Crippen LogP contribution is 2.70. The third-order valence-electron chi connectivity index (χ3n) is 2.54. The first-order valence-electron chi connectivity index (χ1n) is 7.83. The largest absolute Gasteiger partial charge is 0.371 e. The van der Waals surface area contributed by atoms with Crippen LogP contribution in [-0.4, -0.2) is 38.6 Å². The molecule has 134 valence electrons. The predicted molar refractivity (Wildman–Crippen MR) is 86.4 cm³/mol. The lowest BCUT2D eigenvalue weighted by Gasteiger charge is -2.31. The molecule has 0 aliphatic heterocycles. The Balaban J connectivity index is 5.54. The molecule has 0 bridgehead atoms. The molecule has 9 heteroatoms. The van der Waals surface area contributed by atoms with E-state index in [-0.39, 0.29) is 33.0 Å². The summed E-state index contributed by atoms with van der Waals surface area (Å²) in [5.74, 6) is 0. The van der Waals surface area contributed by atoms with E-state index in [1.54, 1.807) is 27.7 Å². The Labute approximate surface area is 134 Å². The van der Waals surface area contributed by atoms with Gasteiger partial charge in [-0.05, 0) is 34.1 Å². The zero-order chi connectivity index (χ0) is 17.1. The van der Waals surface area contributed by atoms with E-state index in [1.807, 2.05) is 6.92 Å². The third kappa shape index (κ3) is 6.79. The lowest BCUT2D eigenvalue weighted by atomic mass is 10.4. The van der Waals surface area contributed by atoms with Crippen molar-refractivity contribution in [1.82, 2.24) is 0 Å². The maximum atomic E-state index is 13.0. The van der Waals surface area contributed by atoms with Gasteiger partial charge < -0.3 is 22.8 Å². The van der Waals surface area contributed by atoms with Gasteiger partial charge >= 0.3 is 15.2 Å². The number of ether oxygens (including phenoxy) is 1. The maximum Gasteiger partial charge on any atom is 0.371 e. The van der Waals surface area contributed by atoms with Gasteiger partial charge in [-0.2, -0.15) is 0 Å². The monoisotopic (exact) mass is 360 g/mol. The van der Waals surface area contributed by atoms with Crippen molar-refractivity contribution in [3.63, 3.8) is 0 Å². The first kappa shape index (κ1) is 22.3. The van der Waals surface area contributed by atoms with Gasteiger partial charge in [0.15, 0.2) is 0 Å². The second-order valence-corrected chi connectivity index (χ2v) is 8.84. The van der Waals surface area contributed by atoms with Gasteiger partial charge in [0.1, 0.15) is 0 Å². The summed E-state index contributed by atoms with van der Waals surface area (Å²) >= 11 is 0. The number of hydrogen-bond donors (Lipinski definition) is 0. The van der Waals surface area contributed by atoms with Gasteiger partial charge in [0.05, 0.1) is 26.4 Å². The molecule has 0 N–H and O–H groups in total. The van der Waals surface area contributed by atoms with Crippen molar-refractivity contribution in [2.24, 2.45) is 0 Å². The Morgan fingerprint density at radius 3 is 1.36 bits per heavy atom. The van der Waals surface area contributed by atoms with Crippen molar-refractivity contribution in [3.8, 4) is 0 Å². The molecule has 0 aromatic rings. The van der Waals surface area contributed by atoms with Crippen molar-refractivity contribution in [3.05, 3.63) is 0 Å². The number of unbranched alkanes of at least 4 members (excludes halogenated alkanes) is 1. The minimum absolute atomic E-state index is 0.142. The highest BCUT2D eigenvalue weighted by molar-refractivity contribution is 7.72. The average Bonchev–Trinajstić information content (AvgIpc) is 2.44. The molecule has 0 atom stereocenters. The van der Waals surface area contributed by atoms with Gasteiger partial charge in [0.25, 0.3) is 5.59 Å². The molecular weight excluding hydrogens is 330 g/mol. The molecule has 0 saturated heterocycles. The van der Waals surface area contributed by atoms with Crippen LogP contribution < -0.4 is 0 Å². The van der Waals surface area contributed by atoms with Crippen LogP contribution in [0.1, 0.15) is 47.5 Å². The summed E-state index contributed by atoms with van der Waals surface area (Å²) in [6, 6.07) is 0. The lowest BCUT2D eigenvalue weighted by Crippen LogP contribution is -2.21. The molecule has 22 heavy (non-hydrogen) atoms. The smallest absolute Gasteiger partial charge is 0.355 e. The number of rotatable bonds is 14. The molecule has 0 aliphatic carbocycles. The van der Waals surface area contributed by atoms with Crippen LogP contribution in [0.2, 0.25) is 0 Å². The third-order valence-corrected chi connectivity index (χ3v) is 8.09. The van der Waals surface area contributed by atoms with Crippen LogP contribution in [0.15, 0.2) is 0 Å². The lowest BCUT2D eigenvalue weighted by molar-refractivity contribution is 0.0798. The fourth-order valence-corrected chi connectivity index (χ4v) is 6.60. The zero-order valence-electron chi connectivity index (χ0n) is 14.3. The highest BCUT2D eigenvalue weighted by Gasteiger charge is 2.52. The minimum atomic E-state index is -3.79. The fourth-order valence-electron chi connectivity index (χ4n) is 1.74. The van der Waals surface area contributed by atoms with Crippen LogP contribution in [0, 0.1) is 0 Å². The minimum Gasteiger partial charge on any atom is -0.355 e. The molecular formula is C13H30O7P2. The molecule has 0 aromatic carbocycles. The standard InChI is InChI=1S/C13H30O7P2/c1-6-11-12-16-13(21(14,17-7-2)18-8-3)22(15,19-9-4)20-10-5/h13H,6-12H2,1-5H3. The highest BCUT2D eigenvalue weighted by atomic mass is 31.2. The topological polar surface area (TPSA) is 80.3 Å². The Bertz CT molecular complexity index is 325. The summed E-state index contributed by atoms with van der Waals surface area (Å²) in [5.41, 5.74) is -1.37. The molecule has 0 spiro atoms. The van der Waals surface area contributed by atoms with Crippen molar-refractivity contribution < 1.29 is 32.0 Å². The van der Waals surface area contributed by atoms with E-state index in [0.717, 1.165) is 12.8 Å². The summed E-state index contributed by atoms with van der Waals surface area (Å²) in [6.07, 6.45) is 1.61. The molecule has 0 amide bonds. The van der Waals surface area contributed by atoms with Crippen LogP contribution in [0.3, 0.4) is 0 Å². The molecule has 0 radical (unpaired) electrons. The van der Waals surface area contributed by atoms with Crippen molar-refractivity contribution >= 4 is 15.2 Å². The number of hydrogen-bond acceptors (Lipinski definition) is 7. The van der Waals surface area contributed by atoms with Gasteiger partial charge in [-0.25, -0.2) is 0 Å². The van der Waals surface area contributed by atoms with Gasteiger partial charge in [0.2, 0.25) is 0 Å². The Morgan fingerprint density at radius 2 is 1.09 bits per heavy atom. The van der Waals surface area contributed by atoms with Crippen LogP contribution in [-0.2, 0) is 32.0 Å². The zero-order valence-corrected chi connectivity index (χ0v) is 16.1. The van der Waals surface area contributed by atoms with Crippen molar-refractivity contribution in [2.75, 3.05) is 33.0 Å². The Morgan fingerprint density at radius 1 is 0.727 bits per heavy atom. The van der Waals surface area contributed by atoms with Crippen molar-refractivity contribution in [2.45, 2.75) is 53.0 Å². The molecule has 0 aliphatic rings. The van der Waals surface area contributed by atoms with E-state index in [4.69, 9.17) is 22.8 Å². The molecule has 0 unspecified atom stereocenters. The summed E-state index contributed by atoms with van der Waals surface area (Å²) in [4.78, 5) is 0. The molecule has 0 aromatic heterocycles. The quantitative estimate of drug-likeness (QED) is 0.330. The van der Waals surface area contributed by atoms with Crippen molar-refractivity contribution in [1.29, 1.82) is 0 Å². The summed E-state index contributed by atoms with van der Waals surface area (Å²) in [5, 5.41) is 0. The average molecular weight is 360 g/mol. The fraction of sp³-hybridized carbons (Fsp3) is 1.00. The molecule has 0 rings (SSSR count). The van der Waals surface area contributed by atoms with E-state index in [2.05, 4.69) is 0 Å². The second-order valence-electron chi connectivity index (χ2n) is 4.30. The van der Waals surface area contributed by atoms with E-state index in [0.29, 0.717) is 0 Å². The second kappa shape index (κ2) is 11.7. The van der Waals surface area contributed by atoms with Crippen LogP contribution in [0.4, 0.5) is 0 Å².